The number of nitrogens with two attached hydrogens (primary N) is 1. The normalized spacial score (nSPS) is 14.0. The molecule has 8 heteroatoms. The SMILES string of the molecule is CCNC(=O)CNC(=O)C(F)(F)C(O)C(N)Cc1ccccc1. The van der Waals surface area contributed by atoms with Gasteiger partial charge in [0.05, 0.1) is 6.54 Å². The van der Waals surface area contributed by atoms with E-state index in [4.69, 9.17) is 5.73 Å². The molecule has 0 aliphatic heterocycles. The summed E-state index contributed by atoms with van der Waals surface area (Å²) in [5.74, 6) is -6.43. The number of hydrogen-bond donors (Lipinski definition) is 4. The summed E-state index contributed by atoms with van der Waals surface area (Å²) >= 11 is 0. The van der Waals surface area contributed by atoms with Crippen LogP contribution >= 0.6 is 0 Å². The molecule has 0 fully saturated rings. The van der Waals surface area contributed by atoms with Gasteiger partial charge in [-0.1, -0.05) is 30.3 Å². The van der Waals surface area contributed by atoms with Gasteiger partial charge in [-0.3, -0.25) is 9.59 Å². The largest absolute Gasteiger partial charge is 0.385 e. The lowest BCUT2D eigenvalue weighted by molar-refractivity contribution is -0.166. The van der Waals surface area contributed by atoms with Gasteiger partial charge in [0.25, 0.3) is 5.91 Å². The summed E-state index contributed by atoms with van der Waals surface area (Å²) in [6.45, 7) is 1.37. The molecule has 2 atom stereocenters. The highest BCUT2D eigenvalue weighted by atomic mass is 19.3. The number of rotatable bonds is 8. The van der Waals surface area contributed by atoms with Crippen LogP contribution in [0.15, 0.2) is 30.3 Å². The Hall–Kier alpha value is -2.06. The lowest BCUT2D eigenvalue weighted by atomic mass is 9.97. The smallest absolute Gasteiger partial charge is 0.351 e. The molecule has 0 saturated heterocycles. The third-order valence-corrected chi connectivity index (χ3v) is 3.18. The van der Waals surface area contributed by atoms with Crippen molar-refractivity contribution >= 4 is 11.8 Å². The van der Waals surface area contributed by atoms with Gasteiger partial charge in [-0.25, -0.2) is 0 Å². The van der Waals surface area contributed by atoms with Crippen LogP contribution in [0.2, 0.25) is 0 Å². The maximum atomic E-state index is 13.9. The van der Waals surface area contributed by atoms with Gasteiger partial charge in [0.2, 0.25) is 5.91 Å². The Morgan fingerprint density at radius 2 is 1.87 bits per heavy atom. The number of carbonyl (C=O) groups is 2. The molecule has 0 aliphatic rings. The molecule has 1 aromatic rings. The van der Waals surface area contributed by atoms with E-state index in [2.05, 4.69) is 5.32 Å². The van der Waals surface area contributed by atoms with Gasteiger partial charge in [-0.2, -0.15) is 8.78 Å². The first-order valence-electron chi connectivity index (χ1n) is 7.19. The van der Waals surface area contributed by atoms with Crippen LogP contribution in [0, 0.1) is 0 Å². The highest BCUT2D eigenvalue weighted by Crippen LogP contribution is 2.22. The number of aliphatic hydroxyl groups excluding tert-OH is 1. The van der Waals surface area contributed by atoms with Gasteiger partial charge in [0.1, 0.15) is 6.10 Å². The number of aliphatic hydroxyl groups is 1. The molecule has 1 rings (SSSR count). The molecule has 0 saturated carbocycles. The number of amides is 2. The maximum absolute atomic E-state index is 13.9. The molecule has 0 aliphatic carbocycles. The van der Waals surface area contributed by atoms with E-state index in [0.717, 1.165) is 0 Å². The number of likely N-dealkylation sites (N-methyl/N-ethyl adjacent to an activating group) is 1. The zero-order chi connectivity index (χ0) is 17.5. The summed E-state index contributed by atoms with van der Waals surface area (Å²) in [5.41, 5.74) is 6.25. The minimum absolute atomic E-state index is 0.0127. The average molecular weight is 329 g/mol. The molecule has 1 aromatic carbocycles. The molecular formula is C15H21F2N3O3. The van der Waals surface area contributed by atoms with Crippen LogP contribution < -0.4 is 16.4 Å². The Kier molecular flexibility index (Phi) is 7.05. The van der Waals surface area contributed by atoms with E-state index in [-0.39, 0.29) is 6.42 Å². The van der Waals surface area contributed by atoms with Gasteiger partial charge in [0.15, 0.2) is 0 Å². The second-order valence-corrected chi connectivity index (χ2v) is 5.06. The van der Waals surface area contributed by atoms with Crippen LogP contribution in [0.5, 0.6) is 0 Å². The summed E-state index contributed by atoms with van der Waals surface area (Å²) in [6.07, 6.45) is -2.38. The Bertz CT molecular complexity index is 526. The van der Waals surface area contributed by atoms with E-state index >= 15 is 0 Å². The van der Waals surface area contributed by atoms with Gasteiger partial charge in [0, 0.05) is 12.6 Å². The Morgan fingerprint density at radius 1 is 1.26 bits per heavy atom. The van der Waals surface area contributed by atoms with Gasteiger partial charge in [-0.05, 0) is 18.9 Å². The predicted molar refractivity (Wildman–Crippen MR) is 80.8 cm³/mol. The minimum Gasteiger partial charge on any atom is -0.385 e. The molecule has 5 N–H and O–H groups in total. The molecule has 6 nitrogen and oxygen atoms in total. The average Bonchev–Trinajstić information content (AvgIpc) is 2.52. The van der Waals surface area contributed by atoms with Crippen LogP contribution in [0.3, 0.4) is 0 Å². The van der Waals surface area contributed by atoms with E-state index in [9.17, 15) is 23.5 Å². The zero-order valence-electron chi connectivity index (χ0n) is 12.8. The van der Waals surface area contributed by atoms with Crippen molar-refractivity contribution in [2.45, 2.75) is 31.4 Å². The van der Waals surface area contributed by atoms with Crippen LogP contribution in [-0.4, -0.2) is 48.1 Å². The monoisotopic (exact) mass is 329 g/mol. The highest BCUT2D eigenvalue weighted by Gasteiger charge is 2.49. The third kappa shape index (κ3) is 5.57. The van der Waals surface area contributed by atoms with E-state index < -0.39 is 36.4 Å². The summed E-state index contributed by atoms with van der Waals surface area (Å²) in [5, 5.41) is 13.9. The number of hydrogen-bond acceptors (Lipinski definition) is 4. The molecule has 0 spiro atoms. The molecule has 0 radical (unpaired) electrons. The van der Waals surface area contributed by atoms with Gasteiger partial charge in [-0.15, -0.1) is 0 Å². The Balaban J connectivity index is 2.62. The van der Waals surface area contributed by atoms with Crippen molar-refractivity contribution in [3.8, 4) is 0 Å². The first kappa shape index (κ1) is 19.0. The van der Waals surface area contributed by atoms with Crippen LogP contribution in [0.1, 0.15) is 12.5 Å². The molecule has 2 unspecified atom stereocenters. The van der Waals surface area contributed by atoms with Crippen LogP contribution in [0.4, 0.5) is 8.78 Å². The Morgan fingerprint density at radius 3 is 2.43 bits per heavy atom. The second-order valence-electron chi connectivity index (χ2n) is 5.06. The van der Waals surface area contributed by atoms with Gasteiger partial charge >= 0.3 is 5.92 Å². The second kappa shape index (κ2) is 8.54. The van der Waals surface area contributed by atoms with Crippen molar-refractivity contribution < 1.29 is 23.5 Å². The standard InChI is InChI=1S/C15H21F2N3O3/c1-2-19-12(21)9-20-14(23)15(16,17)13(22)11(18)8-10-6-4-3-5-7-10/h3-7,11,13,22H,2,8-9,18H2,1H3,(H,19,21)(H,20,23). The van der Waals surface area contributed by atoms with Gasteiger partial charge < -0.3 is 21.5 Å². The van der Waals surface area contributed by atoms with Crippen molar-refractivity contribution in [3.05, 3.63) is 35.9 Å². The van der Waals surface area contributed by atoms with Crippen molar-refractivity contribution in [1.29, 1.82) is 0 Å². The molecule has 128 valence electrons. The topological polar surface area (TPSA) is 104 Å². The number of nitrogens with one attached hydrogen (secondary N) is 2. The van der Waals surface area contributed by atoms with Crippen molar-refractivity contribution in [1.82, 2.24) is 10.6 Å². The fraction of sp³-hybridized carbons (Fsp3) is 0.467. The highest BCUT2D eigenvalue weighted by molar-refractivity contribution is 5.88. The van der Waals surface area contributed by atoms with Crippen LogP contribution in [0.25, 0.3) is 0 Å². The molecule has 0 heterocycles. The molecule has 2 amide bonds. The number of benzene rings is 1. The van der Waals surface area contributed by atoms with E-state index in [1.54, 1.807) is 42.6 Å². The van der Waals surface area contributed by atoms with Crippen molar-refractivity contribution in [3.63, 3.8) is 0 Å². The molecule has 0 bridgehead atoms. The first-order valence-corrected chi connectivity index (χ1v) is 7.19. The third-order valence-electron chi connectivity index (χ3n) is 3.18. The molecular weight excluding hydrogens is 308 g/mol. The van der Waals surface area contributed by atoms with E-state index in [1.807, 2.05) is 0 Å². The zero-order valence-corrected chi connectivity index (χ0v) is 12.8. The van der Waals surface area contributed by atoms with Crippen LogP contribution in [-0.2, 0) is 16.0 Å². The quantitative estimate of drug-likeness (QED) is 0.530. The van der Waals surface area contributed by atoms with E-state index in [1.165, 1.54) is 0 Å². The Labute approximate surface area is 133 Å². The fourth-order valence-electron chi connectivity index (χ4n) is 1.94. The molecule has 23 heavy (non-hydrogen) atoms. The molecule has 0 aromatic heterocycles. The summed E-state index contributed by atoms with van der Waals surface area (Å²) in [7, 11) is 0. The summed E-state index contributed by atoms with van der Waals surface area (Å²) in [4.78, 5) is 22.7. The maximum Gasteiger partial charge on any atom is 0.351 e. The lowest BCUT2D eigenvalue weighted by Gasteiger charge is -2.26. The van der Waals surface area contributed by atoms with Crippen molar-refractivity contribution in [2.24, 2.45) is 5.73 Å². The number of alkyl halides is 2. The number of carbonyl (C=O) groups excluding carboxylic acids is 2. The lowest BCUT2D eigenvalue weighted by Crippen LogP contribution is -2.56. The summed E-state index contributed by atoms with van der Waals surface area (Å²) in [6, 6.07) is 7.22. The minimum atomic E-state index is -4.10. The number of halogens is 2. The predicted octanol–water partition coefficient (Wildman–Crippen LogP) is -0.195. The first-order chi connectivity index (χ1) is 10.8. The summed E-state index contributed by atoms with van der Waals surface area (Å²) < 4.78 is 27.9. The fourth-order valence-corrected chi connectivity index (χ4v) is 1.94. The van der Waals surface area contributed by atoms with Crippen molar-refractivity contribution in [2.75, 3.05) is 13.1 Å². The van der Waals surface area contributed by atoms with E-state index in [0.29, 0.717) is 12.1 Å².